The molecule has 0 atom stereocenters. The molecule has 150 valence electrons. The van der Waals surface area contributed by atoms with Gasteiger partial charge in [0.1, 0.15) is 0 Å². The minimum atomic E-state index is 1.20. The summed E-state index contributed by atoms with van der Waals surface area (Å²) in [4.78, 5) is 0. The highest BCUT2D eigenvalue weighted by molar-refractivity contribution is 5.94. The lowest BCUT2D eigenvalue weighted by Crippen LogP contribution is -2.04. The molecule has 30 heavy (non-hydrogen) atoms. The Hall–Kier alpha value is -2.08. The normalized spacial score (nSPS) is 21.9. The van der Waals surface area contributed by atoms with Crippen molar-refractivity contribution in [2.75, 3.05) is 0 Å². The van der Waals surface area contributed by atoms with Crippen LogP contribution in [0.25, 0.3) is 11.6 Å². The fraction of sp³-hybridized carbons (Fsp3) is 0.467. The number of fused-ring (bicyclic) bond motifs is 12. The van der Waals surface area contributed by atoms with Crippen molar-refractivity contribution in [2.45, 2.75) is 89.9 Å². The molecule has 0 unspecified atom stereocenters. The first-order chi connectivity index (χ1) is 14.9. The second-order valence-corrected chi connectivity index (χ2v) is 10.7. The van der Waals surface area contributed by atoms with Gasteiger partial charge in [0.25, 0.3) is 0 Å². The Bertz CT molecular complexity index is 1230. The molecule has 0 nitrogen and oxygen atoms in total. The van der Waals surface area contributed by atoms with Gasteiger partial charge in [-0.15, -0.1) is 0 Å². The molecule has 0 saturated carbocycles. The predicted octanol–water partition coefficient (Wildman–Crippen LogP) is 6.22. The summed E-state index contributed by atoms with van der Waals surface area (Å²) >= 11 is 0. The standard InChI is InChI=1S/C30H30/c1-7-21-22-9-4-12-26(22)30-18(13-14-27(30)23(21)8-1)17-15-28-24-10-2-5-19(24)20-6-3-11-25(20)29(28)16-17/h13,15H,1-12,14,16H2. The maximum atomic E-state index is 2.66. The maximum Gasteiger partial charge on any atom is -0.00106 e. The van der Waals surface area contributed by atoms with Crippen molar-refractivity contribution in [3.63, 3.8) is 0 Å². The number of allylic oxidation sites excluding steroid dienone is 3. The van der Waals surface area contributed by atoms with Gasteiger partial charge >= 0.3 is 0 Å². The number of benzene rings is 2. The van der Waals surface area contributed by atoms with E-state index in [1.807, 2.05) is 0 Å². The van der Waals surface area contributed by atoms with Gasteiger partial charge in [-0.1, -0.05) is 12.2 Å². The summed E-state index contributed by atoms with van der Waals surface area (Å²) in [6.45, 7) is 0. The van der Waals surface area contributed by atoms with Crippen LogP contribution in [-0.4, -0.2) is 0 Å². The van der Waals surface area contributed by atoms with E-state index in [-0.39, 0.29) is 0 Å². The number of hydrogen-bond donors (Lipinski definition) is 0. The molecular formula is C30H30. The van der Waals surface area contributed by atoms with Crippen molar-refractivity contribution >= 4 is 11.6 Å². The largest absolute Gasteiger partial charge is 0.0719 e. The second-order valence-electron chi connectivity index (χ2n) is 10.7. The average molecular weight is 391 g/mol. The van der Waals surface area contributed by atoms with Crippen LogP contribution in [0.15, 0.2) is 11.6 Å². The topological polar surface area (TPSA) is 0 Å². The summed E-state index contributed by atoms with van der Waals surface area (Å²) in [6, 6.07) is 0. The Kier molecular flexibility index (Phi) is 3.20. The molecule has 8 rings (SSSR count). The maximum absolute atomic E-state index is 2.66. The van der Waals surface area contributed by atoms with Gasteiger partial charge in [-0.25, -0.2) is 0 Å². The minimum absolute atomic E-state index is 1.20. The van der Waals surface area contributed by atoms with Gasteiger partial charge in [0, 0.05) is 0 Å². The molecule has 0 heteroatoms. The molecule has 0 spiro atoms. The third kappa shape index (κ3) is 1.95. The highest BCUT2D eigenvalue weighted by Gasteiger charge is 2.35. The van der Waals surface area contributed by atoms with Crippen molar-refractivity contribution in [2.24, 2.45) is 0 Å². The first-order valence-corrected chi connectivity index (χ1v) is 12.7. The van der Waals surface area contributed by atoms with E-state index in [1.54, 1.807) is 77.9 Å². The van der Waals surface area contributed by atoms with E-state index >= 15 is 0 Å². The minimum Gasteiger partial charge on any atom is -0.0719 e. The zero-order chi connectivity index (χ0) is 19.4. The summed E-state index contributed by atoms with van der Waals surface area (Å²) < 4.78 is 0. The highest BCUT2D eigenvalue weighted by Crippen LogP contribution is 2.50. The first-order valence-electron chi connectivity index (χ1n) is 12.7. The van der Waals surface area contributed by atoms with Crippen molar-refractivity contribution in [1.29, 1.82) is 0 Å². The molecule has 6 aliphatic rings. The molecule has 0 fully saturated rings. The average Bonchev–Trinajstić information content (AvgIpc) is 3.57. The SMILES string of the molecule is C1=C(C2=CCc3c4c(c5c(c32)CCC5)CCC4)Cc2c1c1c(c3c2CCC3)CCC1. The summed E-state index contributed by atoms with van der Waals surface area (Å²) in [5.74, 6) is 0. The van der Waals surface area contributed by atoms with Gasteiger partial charge in [0.2, 0.25) is 0 Å². The fourth-order valence-electron chi connectivity index (χ4n) is 8.34. The van der Waals surface area contributed by atoms with Crippen LogP contribution in [0.4, 0.5) is 0 Å². The van der Waals surface area contributed by atoms with Crippen molar-refractivity contribution < 1.29 is 0 Å². The van der Waals surface area contributed by atoms with E-state index in [0.717, 1.165) is 0 Å². The lowest BCUT2D eigenvalue weighted by Gasteiger charge is -2.18. The molecule has 0 bridgehead atoms. The van der Waals surface area contributed by atoms with Crippen LogP contribution >= 0.6 is 0 Å². The number of rotatable bonds is 1. The van der Waals surface area contributed by atoms with Crippen molar-refractivity contribution in [3.8, 4) is 0 Å². The van der Waals surface area contributed by atoms with Gasteiger partial charge < -0.3 is 0 Å². The molecule has 0 aromatic heterocycles. The van der Waals surface area contributed by atoms with E-state index in [0.29, 0.717) is 0 Å². The fourth-order valence-corrected chi connectivity index (χ4v) is 8.34. The monoisotopic (exact) mass is 390 g/mol. The Morgan fingerprint density at radius 3 is 1.67 bits per heavy atom. The molecule has 2 aromatic carbocycles. The van der Waals surface area contributed by atoms with Gasteiger partial charge in [0.15, 0.2) is 0 Å². The van der Waals surface area contributed by atoms with Gasteiger partial charge in [0.05, 0.1) is 0 Å². The van der Waals surface area contributed by atoms with Gasteiger partial charge in [-0.3, -0.25) is 0 Å². The molecule has 6 aliphatic carbocycles. The lowest BCUT2D eigenvalue weighted by molar-refractivity contribution is 0.886. The van der Waals surface area contributed by atoms with Crippen LogP contribution in [0.3, 0.4) is 0 Å². The molecular weight excluding hydrogens is 360 g/mol. The van der Waals surface area contributed by atoms with Crippen LogP contribution in [0, 0.1) is 0 Å². The predicted molar refractivity (Wildman–Crippen MR) is 124 cm³/mol. The molecule has 0 aliphatic heterocycles. The Labute approximate surface area is 180 Å². The van der Waals surface area contributed by atoms with E-state index < -0.39 is 0 Å². The van der Waals surface area contributed by atoms with Crippen molar-refractivity contribution in [3.05, 3.63) is 78.4 Å². The first kappa shape index (κ1) is 16.6. The van der Waals surface area contributed by atoms with E-state index in [1.165, 1.54) is 89.9 Å². The van der Waals surface area contributed by atoms with Gasteiger partial charge in [-0.2, -0.15) is 0 Å². The number of hydrogen-bond acceptors (Lipinski definition) is 0. The van der Waals surface area contributed by atoms with Crippen LogP contribution in [0.5, 0.6) is 0 Å². The summed E-state index contributed by atoms with van der Waals surface area (Å²) in [5, 5.41) is 0. The zero-order valence-corrected chi connectivity index (χ0v) is 18.1. The molecule has 0 amide bonds. The molecule has 0 radical (unpaired) electrons. The molecule has 0 N–H and O–H groups in total. The van der Waals surface area contributed by atoms with E-state index in [2.05, 4.69) is 12.2 Å². The highest BCUT2D eigenvalue weighted by atomic mass is 14.4. The molecule has 0 saturated heterocycles. The van der Waals surface area contributed by atoms with Gasteiger partial charge in [-0.05, 0) is 168 Å². The summed E-state index contributed by atoms with van der Waals surface area (Å²) in [6.07, 6.45) is 24.0. The Balaban J connectivity index is 1.30. The van der Waals surface area contributed by atoms with Crippen LogP contribution in [-0.2, 0) is 64.2 Å². The quantitative estimate of drug-likeness (QED) is 0.542. The Morgan fingerprint density at radius 2 is 0.967 bits per heavy atom. The van der Waals surface area contributed by atoms with Crippen LogP contribution in [0.1, 0.15) is 92.4 Å². The molecule has 2 aromatic rings. The Morgan fingerprint density at radius 1 is 0.467 bits per heavy atom. The van der Waals surface area contributed by atoms with Crippen LogP contribution < -0.4 is 0 Å². The summed E-state index contributed by atoms with van der Waals surface area (Å²) in [5.41, 5.74) is 24.4. The summed E-state index contributed by atoms with van der Waals surface area (Å²) in [7, 11) is 0. The lowest BCUT2D eigenvalue weighted by atomic mass is 9.86. The van der Waals surface area contributed by atoms with E-state index in [9.17, 15) is 0 Å². The van der Waals surface area contributed by atoms with Crippen LogP contribution in [0.2, 0.25) is 0 Å². The third-order valence-electron chi connectivity index (χ3n) is 9.39. The third-order valence-corrected chi connectivity index (χ3v) is 9.39. The molecule has 0 heterocycles. The second kappa shape index (κ2) is 5.78. The smallest absolute Gasteiger partial charge is 0.00106 e. The van der Waals surface area contributed by atoms with Crippen molar-refractivity contribution in [1.82, 2.24) is 0 Å². The van der Waals surface area contributed by atoms with E-state index in [4.69, 9.17) is 0 Å². The zero-order valence-electron chi connectivity index (χ0n) is 18.1.